The Morgan fingerprint density at radius 2 is 1.55 bits per heavy atom. The van der Waals surface area contributed by atoms with E-state index in [9.17, 15) is 39.6 Å². The standard InChI is InChI=1S/C28H23Cl2F6NO4S/c1-2-41-42(39,40)24-7-4-3-6-21(24)26(18-8-9-22(29)23(30)15-18)10-5-11-37(16-26)25(38)17-12-19(27(31,32)33)14-20(13-17)28(34,35)36/h3-4,6-9,12-15H,2,5,10-11,16H2,1H3. The van der Waals surface area contributed by atoms with Crippen LogP contribution in [0.25, 0.3) is 0 Å². The highest BCUT2D eigenvalue weighted by atomic mass is 35.5. The molecule has 1 unspecified atom stereocenters. The van der Waals surface area contributed by atoms with E-state index < -0.39 is 50.5 Å². The Morgan fingerprint density at radius 3 is 2.12 bits per heavy atom. The van der Waals surface area contributed by atoms with E-state index in [0.717, 1.165) is 4.90 Å². The van der Waals surface area contributed by atoms with Gasteiger partial charge in [-0.3, -0.25) is 8.98 Å². The molecule has 0 saturated carbocycles. The van der Waals surface area contributed by atoms with E-state index in [0.29, 0.717) is 17.7 Å². The van der Waals surface area contributed by atoms with Crippen molar-refractivity contribution >= 4 is 39.2 Å². The second-order valence-corrected chi connectivity index (χ2v) is 12.1. The van der Waals surface area contributed by atoms with Crippen molar-refractivity contribution in [2.75, 3.05) is 19.7 Å². The zero-order valence-corrected chi connectivity index (χ0v) is 24.1. The fraction of sp³-hybridized carbons (Fsp3) is 0.321. The molecule has 14 heteroatoms. The normalized spacial score (nSPS) is 18.3. The molecule has 1 aliphatic heterocycles. The quantitative estimate of drug-likeness (QED) is 0.200. The van der Waals surface area contributed by atoms with Gasteiger partial charge in [0.1, 0.15) is 0 Å². The van der Waals surface area contributed by atoms with Gasteiger partial charge in [-0.25, -0.2) is 0 Å². The van der Waals surface area contributed by atoms with Gasteiger partial charge in [0.2, 0.25) is 0 Å². The Morgan fingerprint density at radius 1 is 0.929 bits per heavy atom. The summed E-state index contributed by atoms with van der Waals surface area (Å²) >= 11 is 12.4. The van der Waals surface area contributed by atoms with Gasteiger partial charge in [-0.05, 0) is 67.3 Å². The number of alkyl halides is 6. The number of likely N-dealkylation sites (tertiary alicyclic amines) is 1. The van der Waals surface area contributed by atoms with Crippen LogP contribution < -0.4 is 0 Å². The second kappa shape index (κ2) is 11.7. The molecule has 42 heavy (non-hydrogen) atoms. The van der Waals surface area contributed by atoms with Crippen LogP contribution in [-0.4, -0.2) is 38.9 Å². The van der Waals surface area contributed by atoms with Gasteiger partial charge in [-0.15, -0.1) is 0 Å². The van der Waals surface area contributed by atoms with E-state index in [1.807, 2.05) is 0 Å². The highest BCUT2D eigenvalue weighted by Gasteiger charge is 2.44. The van der Waals surface area contributed by atoms with Gasteiger partial charge in [0.05, 0.1) is 32.7 Å². The highest BCUT2D eigenvalue weighted by molar-refractivity contribution is 7.86. The Labute approximate surface area is 248 Å². The summed E-state index contributed by atoms with van der Waals surface area (Å²) in [6.07, 6.45) is -9.81. The van der Waals surface area contributed by atoms with Crippen molar-refractivity contribution in [3.05, 3.63) is 98.5 Å². The van der Waals surface area contributed by atoms with E-state index in [4.69, 9.17) is 27.4 Å². The molecule has 1 saturated heterocycles. The van der Waals surface area contributed by atoms with Crippen LogP contribution in [0.4, 0.5) is 26.3 Å². The largest absolute Gasteiger partial charge is 0.416 e. The summed E-state index contributed by atoms with van der Waals surface area (Å²) in [5.74, 6) is -1.08. The summed E-state index contributed by atoms with van der Waals surface area (Å²) in [5, 5.41) is 0.313. The van der Waals surface area contributed by atoms with Crippen LogP contribution in [0.15, 0.2) is 65.6 Å². The number of rotatable bonds is 6. The van der Waals surface area contributed by atoms with Crippen LogP contribution in [0.5, 0.6) is 0 Å². The van der Waals surface area contributed by atoms with Crippen LogP contribution in [-0.2, 0) is 32.1 Å². The minimum atomic E-state index is -5.14. The van der Waals surface area contributed by atoms with Crippen LogP contribution in [0, 0.1) is 0 Å². The Kier molecular flexibility index (Phi) is 8.95. The molecule has 0 aromatic heterocycles. The van der Waals surface area contributed by atoms with Crippen LogP contribution in [0.3, 0.4) is 0 Å². The molecule has 0 spiro atoms. The maximum atomic E-state index is 13.6. The lowest BCUT2D eigenvalue weighted by molar-refractivity contribution is -0.143. The molecule has 0 aliphatic carbocycles. The molecule has 1 heterocycles. The predicted octanol–water partition coefficient (Wildman–Crippen LogP) is 7.98. The average Bonchev–Trinajstić information content (AvgIpc) is 2.93. The molecule has 5 nitrogen and oxygen atoms in total. The van der Waals surface area contributed by atoms with Gasteiger partial charge in [0.25, 0.3) is 16.0 Å². The van der Waals surface area contributed by atoms with Crippen LogP contribution in [0.2, 0.25) is 10.0 Å². The number of halogens is 8. The average molecular weight is 654 g/mol. The topological polar surface area (TPSA) is 63.7 Å². The molecule has 3 aromatic carbocycles. The highest BCUT2D eigenvalue weighted by Crippen LogP contribution is 2.45. The summed E-state index contributed by atoms with van der Waals surface area (Å²) in [6, 6.07) is 11.1. The van der Waals surface area contributed by atoms with Gasteiger partial charge in [0.15, 0.2) is 0 Å². The molecule has 0 bridgehead atoms. The summed E-state index contributed by atoms with van der Waals surface area (Å²) < 4.78 is 112. The van der Waals surface area contributed by atoms with Crippen molar-refractivity contribution in [2.24, 2.45) is 0 Å². The van der Waals surface area contributed by atoms with Crippen molar-refractivity contribution < 1.29 is 43.7 Å². The van der Waals surface area contributed by atoms with Crippen LogP contribution >= 0.6 is 23.2 Å². The molecule has 0 N–H and O–H groups in total. The number of benzene rings is 3. The Bertz CT molecular complexity index is 1580. The minimum Gasteiger partial charge on any atom is -0.337 e. The molecule has 4 rings (SSSR count). The summed E-state index contributed by atoms with van der Waals surface area (Å²) in [4.78, 5) is 14.5. The van der Waals surface area contributed by atoms with E-state index >= 15 is 0 Å². The number of nitrogens with zero attached hydrogens (tertiary/aromatic N) is 1. The zero-order chi connectivity index (χ0) is 31.1. The molecular formula is C28H23Cl2F6NO4S. The smallest absolute Gasteiger partial charge is 0.337 e. The summed E-state index contributed by atoms with van der Waals surface area (Å²) in [7, 11) is -4.30. The number of amides is 1. The van der Waals surface area contributed by atoms with Gasteiger partial charge in [0, 0.05) is 24.1 Å². The number of carbonyl (C=O) groups is 1. The van der Waals surface area contributed by atoms with E-state index in [2.05, 4.69) is 0 Å². The zero-order valence-electron chi connectivity index (χ0n) is 21.8. The maximum Gasteiger partial charge on any atom is 0.416 e. The van der Waals surface area contributed by atoms with E-state index in [1.54, 1.807) is 12.1 Å². The van der Waals surface area contributed by atoms with Crippen molar-refractivity contribution in [3.8, 4) is 0 Å². The Hall–Kier alpha value is -2.80. The fourth-order valence-corrected chi connectivity index (χ4v) is 6.71. The minimum absolute atomic E-state index is 0.0140. The molecule has 1 amide bonds. The lowest BCUT2D eigenvalue weighted by atomic mass is 9.69. The number of hydrogen-bond donors (Lipinski definition) is 0. The molecule has 1 atom stereocenters. The first-order valence-corrected chi connectivity index (χ1v) is 14.7. The van der Waals surface area contributed by atoms with Crippen molar-refractivity contribution in [2.45, 2.75) is 42.4 Å². The predicted molar refractivity (Wildman–Crippen MR) is 144 cm³/mol. The number of piperidine rings is 1. The lowest BCUT2D eigenvalue weighted by Gasteiger charge is -2.44. The monoisotopic (exact) mass is 653 g/mol. The molecule has 1 aliphatic rings. The third-order valence-corrected chi connectivity index (χ3v) is 9.21. The lowest BCUT2D eigenvalue weighted by Crippen LogP contribution is -2.49. The third kappa shape index (κ3) is 6.41. The number of carbonyl (C=O) groups excluding carboxylic acids is 1. The molecule has 0 radical (unpaired) electrons. The first kappa shape index (κ1) is 32.1. The first-order valence-electron chi connectivity index (χ1n) is 12.5. The van der Waals surface area contributed by atoms with Gasteiger partial charge < -0.3 is 4.90 Å². The summed E-state index contributed by atoms with van der Waals surface area (Å²) in [5.41, 5.74) is -4.71. The maximum absolute atomic E-state index is 13.6. The summed E-state index contributed by atoms with van der Waals surface area (Å²) in [6.45, 7) is 1.01. The molecule has 3 aromatic rings. The molecular weight excluding hydrogens is 631 g/mol. The van der Waals surface area contributed by atoms with Gasteiger partial charge >= 0.3 is 12.4 Å². The number of hydrogen-bond acceptors (Lipinski definition) is 4. The van der Waals surface area contributed by atoms with Gasteiger partial charge in [-0.1, -0.05) is 47.5 Å². The molecule has 226 valence electrons. The Balaban J connectivity index is 1.90. The third-order valence-electron chi connectivity index (χ3n) is 7.03. The SMILES string of the molecule is CCOS(=O)(=O)c1ccccc1C1(c2ccc(Cl)c(Cl)c2)CCCN(C(=O)c2cc(C(F)(F)F)cc(C(F)(F)F)c2)C1. The first-order chi connectivity index (χ1) is 19.5. The second-order valence-electron chi connectivity index (χ2n) is 9.69. The fourth-order valence-electron chi connectivity index (χ4n) is 5.19. The van der Waals surface area contributed by atoms with E-state index in [1.165, 1.54) is 37.3 Å². The van der Waals surface area contributed by atoms with Crippen molar-refractivity contribution in [1.29, 1.82) is 0 Å². The van der Waals surface area contributed by atoms with Gasteiger partial charge in [-0.2, -0.15) is 34.8 Å². The van der Waals surface area contributed by atoms with E-state index in [-0.39, 0.29) is 59.1 Å². The molecule has 1 fully saturated rings. The van der Waals surface area contributed by atoms with Crippen LogP contribution in [0.1, 0.15) is 52.4 Å². The van der Waals surface area contributed by atoms with Crippen molar-refractivity contribution in [1.82, 2.24) is 4.90 Å². The van der Waals surface area contributed by atoms with Crippen molar-refractivity contribution in [3.63, 3.8) is 0 Å².